The maximum atomic E-state index is 6.19. The van der Waals surface area contributed by atoms with Gasteiger partial charge in [-0.1, -0.05) is 54.1 Å². The van der Waals surface area contributed by atoms with Crippen molar-refractivity contribution in [1.29, 1.82) is 0 Å². The van der Waals surface area contributed by atoms with E-state index in [1.807, 2.05) is 0 Å². The lowest BCUT2D eigenvalue weighted by molar-refractivity contribution is -0.0310. The summed E-state index contributed by atoms with van der Waals surface area (Å²) in [6, 6.07) is 17.1. The minimum atomic E-state index is -0.101. The van der Waals surface area contributed by atoms with E-state index in [-0.39, 0.29) is 11.6 Å². The van der Waals surface area contributed by atoms with Crippen LogP contribution in [0.5, 0.6) is 0 Å². The van der Waals surface area contributed by atoms with E-state index in [2.05, 4.69) is 74.6 Å². The number of morpholine rings is 1. The second kappa shape index (κ2) is 5.63. The van der Waals surface area contributed by atoms with E-state index in [1.54, 1.807) is 0 Å². The molecular formula is C19H23NO. The van der Waals surface area contributed by atoms with E-state index >= 15 is 0 Å². The van der Waals surface area contributed by atoms with Crippen molar-refractivity contribution in [3.8, 4) is 0 Å². The van der Waals surface area contributed by atoms with Crippen LogP contribution in [-0.2, 0) is 10.3 Å². The Morgan fingerprint density at radius 3 is 2.48 bits per heavy atom. The van der Waals surface area contributed by atoms with Gasteiger partial charge in [0.1, 0.15) is 0 Å². The number of hydrogen-bond donors (Lipinski definition) is 1. The van der Waals surface area contributed by atoms with Gasteiger partial charge in [-0.3, -0.25) is 0 Å². The molecule has 1 heterocycles. The fourth-order valence-corrected chi connectivity index (χ4v) is 3.07. The molecule has 1 fully saturated rings. The average Bonchev–Trinajstić information content (AvgIpc) is 2.50. The number of rotatable bonds is 2. The summed E-state index contributed by atoms with van der Waals surface area (Å²) in [6.07, 6.45) is 0.141. The first-order valence-corrected chi connectivity index (χ1v) is 7.58. The van der Waals surface area contributed by atoms with Gasteiger partial charge in [-0.25, -0.2) is 0 Å². The van der Waals surface area contributed by atoms with Crippen molar-refractivity contribution in [3.05, 3.63) is 70.8 Å². The van der Waals surface area contributed by atoms with Gasteiger partial charge in [0.15, 0.2) is 0 Å². The van der Waals surface area contributed by atoms with E-state index in [0.29, 0.717) is 6.61 Å². The van der Waals surface area contributed by atoms with Gasteiger partial charge in [0.25, 0.3) is 0 Å². The molecule has 21 heavy (non-hydrogen) atoms. The number of ether oxygens (including phenoxy) is 1. The molecule has 3 rings (SSSR count). The summed E-state index contributed by atoms with van der Waals surface area (Å²) in [5.74, 6) is 0. The second-order valence-corrected chi connectivity index (χ2v) is 6.24. The summed E-state index contributed by atoms with van der Waals surface area (Å²) in [4.78, 5) is 0. The lowest BCUT2D eigenvalue weighted by Gasteiger charge is -2.39. The van der Waals surface area contributed by atoms with E-state index in [1.165, 1.54) is 22.3 Å². The molecule has 0 aliphatic carbocycles. The molecule has 0 bridgehead atoms. The van der Waals surface area contributed by atoms with E-state index in [4.69, 9.17) is 4.74 Å². The highest BCUT2D eigenvalue weighted by atomic mass is 16.5. The Hall–Kier alpha value is -1.64. The van der Waals surface area contributed by atoms with Crippen molar-refractivity contribution in [2.75, 3.05) is 13.2 Å². The number of hydrogen-bond acceptors (Lipinski definition) is 2. The highest BCUT2D eigenvalue weighted by molar-refractivity contribution is 5.33. The molecule has 110 valence electrons. The van der Waals surface area contributed by atoms with Crippen LogP contribution in [0.25, 0.3) is 0 Å². The Kier molecular flexibility index (Phi) is 3.83. The zero-order chi connectivity index (χ0) is 14.9. The highest BCUT2D eigenvalue weighted by Crippen LogP contribution is 2.31. The van der Waals surface area contributed by atoms with Gasteiger partial charge in [-0.15, -0.1) is 0 Å². The first kappa shape index (κ1) is 14.3. The van der Waals surface area contributed by atoms with E-state index in [9.17, 15) is 0 Å². The first-order chi connectivity index (χ1) is 10.1. The molecule has 2 nitrogen and oxygen atoms in total. The van der Waals surface area contributed by atoms with Crippen LogP contribution in [0.4, 0.5) is 0 Å². The van der Waals surface area contributed by atoms with Crippen LogP contribution < -0.4 is 5.32 Å². The van der Waals surface area contributed by atoms with Crippen LogP contribution >= 0.6 is 0 Å². The predicted molar refractivity (Wildman–Crippen MR) is 86.4 cm³/mol. The molecule has 1 saturated heterocycles. The van der Waals surface area contributed by atoms with Crippen molar-refractivity contribution >= 4 is 0 Å². The van der Waals surface area contributed by atoms with E-state index in [0.717, 1.165) is 6.54 Å². The number of benzene rings is 2. The Labute approximate surface area is 127 Å². The van der Waals surface area contributed by atoms with Crippen LogP contribution in [0.15, 0.2) is 48.5 Å². The van der Waals surface area contributed by atoms with Gasteiger partial charge in [0.05, 0.1) is 18.2 Å². The molecule has 2 unspecified atom stereocenters. The zero-order valence-corrected chi connectivity index (χ0v) is 13.0. The van der Waals surface area contributed by atoms with Crippen molar-refractivity contribution in [2.45, 2.75) is 32.4 Å². The largest absolute Gasteiger partial charge is 0.370 e. The predicted octanol–water partition coefficient (Wildman–Crippen LogP) is 3.88. The van der Waals surface area contributed by atoms with Crippen LogP contribution in [-0.4, -0.2) is 13.2 Å². The highest BCUT2D eigenvalue weighted by Gasteiger charge is 2.33. The molecule has 0 saturated carbocycles. The molecule has 2 aromatic rings. The molecule has 0 radical (unpaired) electrons. The molecule has 1 aliphatic heterocycles. The second-order valence-electron chi connectivity index (χ2n) is 6.24. The SMILES string of the molecule is Cc1ccc(C2CNC(C)(c3ccccc3)CO2)c(C)c1. The lowest BCUT2D eigenvalue weighted by atomic mass is 9.90. The van der Waals surface area contributed by atoms with Crippen molar-refractivity contribution in [2.24, 2.45) is 0 Å². The molecule has 1 aliphatic rings. The molecule has 2 atom stereocenters. The summed E-state index contributed by atoms with van der Waals surface area (Å²) in [5, 5.41) is 3.68. The van der Waals surface area contributed by atoms with Gasteiger partial charge in [0, 0.05) is 6.54 Å². The van der Waals surface area contributed by atoms with Gasteiger partial charge >= 0.3 is 0 Å². The Morgan fingerprint density at radius 2 is 1.86 bits per heavy atom. The fourth-order valence-electron chi connectivity index (χ4n) is 3.07. The van der Waals surface area contributed by atoms with Crippen LogP contribution in [0.1, 0.15) is 35.3 Å². The summed E-state index contributed by atoms with van der Waals surface area (Å²) in [6.45, 7) is 8.03. The summed E-state index contributed by atoms with van der Waals surface area (Å²) in [7, 11) is 0. The third-order valence-electron chi connectivity index (χ3n) is 4.43. The molecular weight excluding hydrogens is 258 g/mol. The third kappa shape index (κ3) is 2.87. The Bertz CT molecular complexity index is 613. The molecule has 0 aromatic heterocycles. The van der Waals surface area contributed by atoms with Crippen molar-refractivity contribution in [1.82, 2.24) is 5.32 Å². The monoisotopic (exact) mass is 281 g/mol. The lowest BCUT2D eigenvalue weighted by Crippen LogP contribution is -2.50. The first-order valence-electron chi connectivity index (χ1n) is 7.58. The minimum Gasteiger partial charge on any atom is -0.370 e. The number of aryl methyl sites for hydroxylation is 2. The van der Waals surface area contributed by atoms with Crippen LogP contribution in [0, 0.1) is 13.8 Å². The van der Waals surface area contributed by atoms with Gasteiger partial charge in [0.2, 0.25) is 0 Å². The summed E-state index contributed by atoms with van der Waals surface area (Å²) in [5.41, 5.74) is 5.09. The van der Waals surface area contributed by atoms with Gasteiger partial charge in [-0.2, -0.15) is 0 Å². The van der Waals surface area contributed by atoms with Gasteiger partial charge in [-0.05, 0) is 37.5 Å². The zero-order valence-electron chi connectivity index (χ0n) is 13.0. The number of nitrogens with one attached hydrogen (secondary N) is 1. The van der Waals surface area contributed by atoms with Gasteiger partial charge < -0.3 is 10.1 Å². The molecule has 0 spiro atoms. The van der Waals surface area contributed by atoms with E-state index < -0.39 is 0 Å². The average molecular weight is 281 g/mol. The normalized spacial score (nSPS) is 25.8. The molecule has 2 aromatic carbocycles. The summed E-state index contributed by atoms with van der Waals surface area (Å²) < 4.78 is 6.19. The quantitative estimate of drug-likeness (QED) is 0.902. The summed E-state index contributed by atoms with van der Waals surface area (Å²) >= 11 is 0. The fraction of sp³-hybridized carbons (Fsp3) is 0.368. The molecule has 2 heteroatoms. The molecule has 0 amide bonds. The van der Waals surface area contributed by atoms with Crippen LogP contribution in [0.3, 0.4) is 0 Å². The van der Waals surface area contributed by atoms with Crippen LogP contribution in [0.2, 0.25) is 0 Å². The maximum Gasteiger partial charge on any atom is 0.0953 e. The minimum absolute atomic E-state index is 0.101. The Balaban J connectivity index is 1.76. The molecule has 1 N–H and O–H groups in total. The van der Waals surface area contributed by atoms with Crippen molar-refractivity contribution < 1.29 is 4.74 Å². The third-order valence-corrected chi connectivity index (χ3v) is 4.43. The van der Waals surface area contributed by atoms with Crippen molar-refractivity contribution in [3.63, 3.8) is 0 Å². The topological polar surface area (TPSA) is 21.3 Å². The smallest absolute Gasteiger partial charge is 0.0953 e. The standard InChI is InChI=1S/C19H23NO/c1-14-9-10-17(15(2)11-14)18-12-20-19(3,13-21-18)16-7-5-4-6-8-16/h4-11,18,20H,12-13H2,1-3H3. The maximum absolute atomic E-state index is 6.19. The Morgan fingerprint density at radius 1 is 1.10 bits per heavy atom.